The lowest BCUT2D eigenvalue weighted by molar-refractivity contribution is 0.469. The van der Waals surface area contributed by atoms with Gasteiger partial charge in [0.25, 0.3) is 0 Å². The summed E-state index contributed by atoms with van der Waals surface area (Å²) in [6.07, 6.45) is 1.05. The zero-order valence-electron chi connectivity index (χ0n) is 11.2. The normalized spacial score (nSPS) is 12.9. The van der Waals surface area contributed by atoms with E-state index in [0.29, 0.717) is 11.3 Å². The third-order valence-electron chi connectivity index (χ3n) is 2.64. The van der Waals surface area contributed by atoms with E-state index < -0.39 is 8.07 Å². The van der Waals surface area contributed by atoms with Crippen molar-refractivity contribution >= 4 is 13.4 Å². The largest absolute Gasteiger partial charge is 0.515 e. The van der Waals surface area contributed by atoms with Crippen LogP contribution in [0.4, 0.5) is 0 Å². The molecule has 0 radical (unpaired) electrons. The lowest BCUT2D eigenvalue weighted by Gasteiger charge is -2.19. The summed E-state index contributed by atoms with van der Waals surface area (Å²) in [6, 6.07) is 8.43. The van der Waals surface area contributed by atoms with Crippen LogP contribution >= 0.6 is 8.07 Å². The molecule has 0 saturated heterocycles. The van der Waals surface area contributed by atoms with Gasteiger partial charge in [-0.25, -0.2) is 0 Å². The zero-order valence-corrected chi connectivity index (χ0v) is 12.1. The fraction of sp³-hybridized carbons (Fsp3) is 0.200. The van der Waals surface area contributed by atoms with Crippen LogP contribution in [0.25, 0.3) is 0 Å². The monoisotopic (exact) mass is 261 g/mol. The Kier molecular flexibility index (Phi) is 5.18. The van der Waals surface area contributed by atoms with Crippen molar-refractivity contribution in [3.05, 3.63) is 66.1 Å². The third kappa shape index (κ3) is 3.75. The number of aliphatic hydroxyl groups excluding tert-OH is 1. The van der Waals surface area contributed by atoms with Crippen molar-refractivity contribution in [1.82, 2.24) is 5.09 Å². The SMILES string of the molecule is C=C(C)/C(=C\O)C(=C)NP(C)c1ccc(C)cc1. The number of hydrogen-bond acceptors (Lipinski definition) is 2. The molecular weight excluding hydrogens is 241 g/mol. The van der Waals surface area contributed by atoms with Crippen molar-refractivity contribution in [2.45, 2.75) is 13.8 Å². The summed E-state index contributed by atoms with van der Waals surface area (Å²) in [7, 11) is -0.533. The van der Waals surface area contributed by atoms with Crippen LogP contribution in [0.5, 0.6) is 0 Å². The molecule has 18 heavy (non-hydrogen) atoms. The molecule has 2 nitrogen and oxygen atoms in total. The van der Waals surface area contributed by atoms with Crippen molar-refractivity contribution in [2.75, 3.05) is 6.66 Å². The molecule has 0 aliphatic carbocycles. The second-order valence-corrected chi connectivity index (χ2v) is 6.17. The van der Waals surface area contributed by atoms with E-state index in [1.54, 1.807) is 0 Å². The molecule has 2 N–H and O–H groups in total. The van der Waals surface area contributed by atoms with Gasteiger partial charge in [0, 0.05) is 19.3 Å². The van der Waals surface area contributed by atoms with Crippen LogP contribution < -0.4 is 10.4 Å². The minimum Gasteiger partial charge on any atom is -0.515 e. The third-order valence-corrected chi connectivity index (χ3v) is 4.32. The van der Waals surface area contributed by atoms with Gasteiger partial charge in [-0.1, -0.05) is 43.0 Å². The van der Waals surface area contributed by atoms with Crippen molar-refractivity contribution in [3.63, 3.8) is 0 Å². The summed E-state index contributed by atoms with van der Waals surface area (Å²) in [5.74, 6) is 0. The molecule has 1 aromatic rings. The summed E-state index contributed by atoms with van der Waals surface area (Å²) >= 11 is 0. The molecule has 0 bridgehead atoms. The molecule has 0 aliphatic rings. The first-order valence-corrected chi connectivity index (χ1v) is 7.51. The molecule has 1 rings (SSSR count). The van der Waals surface area contributed by atoms with Crippen molar-refractivity contribution in [3.8, 4) is 0 Å². The van der Waals surface area contributed by atoms with Gasteiger partial charge in [-0.3, -0.25) is 0 Å². The highest BCUT2D eigenvalue weighted by Gasteiger charge is 2.09. The van der Waals surface area contributed by atoms with Gasteiger partial charge < -0.3 is 10.2 Å². The molecule has 0 spiro atoms. The standard InChI is InChI=1S/C15H20NOP/c1-11(2)15(10-17)13(4)16-18(5)14-8-6-12(3)7-9-14/h6-10,16-17H,1,4H2,2-3,5H3/b15-10+. The van der Waals surface area contributed by atoms with E-state index in [4.69, 9.17) is 0 Å². The van der Waals surface area contributed by atoms with E-state index in [2.05, 4.69) is 56.1 Å². The van der Waals surface area contributed by atoms with Crippen molar-refractivity contribution in [2.24, 2.45) is 0 Å². The molecule has 1 atom stereocenters. The molecule has 1 aromatic carbocycles. The molecule has 0 amide bonds. The second kappa shape index (κ2) is 6.42. The average Bonchev–Trinajstić information content (AvgIpc) is 2.29. The van der Waals surface area contributed by atoms with E-state index in [0.717, 1.165) is 11.8 Å². The number of allylic oxidation sites excluding steroid dienone is 1. The Morgan fingerprint density at radius 1 is 1.28 bits per heavy atom. The summed E-state index contributed by atoms with van der Waals surface area (Å²) in [5, 5.41) is 13.7. The Labute approximate surface area is 111 Å². The Morgan fingerprint density at radius 2 is 1.83 bits per heavy atom. The van der Waals surface area contributed by atoms with Gasteiger partial charge in [-0.05, 0) is 31.4 Å². The first-order chi connectivity index (χ1) is 8.45. The van der Waals surface area contributed by atoms with Crippen LogP contribution in [0, 0.1) is 6.92 Å². The van der Waals surface area contributed by atoms with E-state index in [1.807, 2.05) is 6.92 Å². The summed E-state index contributed by atoms with van der Waals surface area (Å²) in [6.45, 7) is 13.8. The second-order valence-electron chi connectivity index (χ2n) is 4.31. The van der Waals surface area contributed by atoms with Gasteiger partial charge in [-0.15, -0.1) is 0 Å². The summed E-state index contributed by atoms with van der Waals surface area (Å²) in [4.78, 5) is 0. The van der Waals surface area contributed by atoms with E-state index >= 15 is 0 Å². The van der Waals surface area contributed by atoms with Gasteiger partial charge in [0.15, 0.2) is 0 Å². The highest BCUT2D eigenvalue weighted by atomic mass is 31.1. The molecule has 3 heteroatoms. The Balaban J connectivity index is 2.76. The van der Waals surface area contributed by atoms with Gasteiger partial charge in [0.05, 0.1) is 6.26 Å². The lowest BCUT2D eigenvalue weighted by atomic mass is 10.1. The molecule has 0 saturated carbocycles. The van der Waals surface area contributed by atoms with E-state index in [9.17, 15) is 5.11 Å². The van der Waals surface area contributed by atoms with Crippen LogP contribution in [-0.4, -0.2) is 11.8 Å². The van der Waals surface area contributed by atoms with E-state index in [-0.39, 0.29) is 0 Å². The number of benzene rings is 1. The summed E-state index contributed by atoms with van der Waals surface area (Å²) < 4.78 is 0. The first-order valence-electron chi connectivity index (χ1n) is 5.72. The smallest absolute Gasteiger partial charge is 0.0887 e. The van der Waals surface area contributed by atoms with Gasteiger partial charge in [0.1, 0.15) is 0 Å². The van der Waals surface area contributed by atoms with E-state index in [1.165, 1.54) is 10.9 Å². The van der Waals surface area contributed by atoms with Crippen LogP contribution in [0.1, 0.15) is 12.5 Å². The number of aryl methyl sites for hydroxylation is 1. The molecule has 0 aliphatic heterocycles. The Bertz CT molecular complexity index is 474. The number of aliphatic hydroxyl groups is 1. The Hall–Kier alpha value is -1.53. The number of nitrogens with one attached hydrogen (secondary N) is 1. The average molecular weight is 261 g/mol. The molecule has 96 valence electrons. The fourth-order valence-corrected chi connectivity index (χ4v) is 2.79. The molecule has 0 aromatic heterocycles. The zero-order chi connectivity index (χ0) is 13.7. The van der Waals surface area contributed by atoms with Gasteiger partial charge in [-0.2, -0.15) is 0 Å². The predicted octanol–water partition coefficient (Wildman–Crippen LogP) is 3.77. The van der Waals surface area contributed by atoms with Gasteiger partial charge >= 0.3 is 0 Å². The van der Waals surface area contributed by atoms with Crippen LogP contribution in [0.15, 0.2) is 60.5 Å². The molecule has 0 heterocycles. The first kappa shape index (κ1) is 14.5. The lowest BCUT2D eigenvalue weighted by Crippen LogP contribution is -2.15. The van der Waals surface area contributed by atoms with Crippen LogP contribution in [-0.2, 0) is 0 Å². The van der Waals surface area contributed by atoms with Crippen LogP contribution in [0.2, 0.25) is 0 Å². The van der Waals surface area contributed by atoms with Gasteiger partial charge in [0.2, 0.25) is 0 Å². The van der Waals surface area contributed by atoms with Crippen LogP contribution in [0.3, 0.4) is 0 Å². The fourth-order valence-electron chi connectivity index (χ4n) is 1.54. The van der Waals surface area contributed by atoms with Crippen molar-refractivity contribution in [1.29, 1.82) is 0 Å². The highest BCUT2D eigenvalue weighted by molar-refractivity contribution is 7.63. The molecular formula is C15H20NOP. The summed E-state index contributed by atoms with van der Waals surface area (Å²) in [5.41, 5.74) is 3.41. The minimum atomic E-state index is -0.533. The predicted molar refractivity (Wildman–Crippen MR) is 81.5 cm³/mol. The maximum absolute atomic E-state index is 9.17. The quantitative estimate of drug-likeness (QED) is 0.480. The highest BCUT2D eigenvalue weighted by Crippen LogP contribution is 2.28. The molecule has 0 fully saturated rings. The van der Waals surface area contributed by atoms with Crippen molar-refractivity contribution < 1.29 is 5.11 Å². The minimum absolute atomic E-state index is 0.533. The maximum Gasteiger partial charge on any atom is 0.0887 e. The topological polar surface area (TPSA) is 32.3 Å². The number of hydrogen-bond donors (Lipinski definition) is 2. The number of rotatable bonds is 5. The Morgan fingerprint density at radius 3 is 2.28 bits per heavy atom. The maximum atomic E-state index is 9.17. The molecule has 1 unspecified atom stereocenters.